The van der Waals surface area contributed by atoms with E-state index >= 15 is 0 Å². The number of unbranched alkanes of at least 4 members (excludes halogenated alkanes) is 3. The predicted molar refractivity (Wildman–Crippen MR) is 128 cm³/mol. The van der Waals surface area contributed by atoms with Crippen LogP contribution in [0.2, 0.25) is 0 Å². The van der Waals surface area contributed by atoms with Crippen LogP contribution < -0.4 is 21.1 Å². The highest BCUT2D eigenvalue weighted by atomic mass is 16.4. The number of carboxylic acid groups (broad SMARTS) is 1. The van der Waals surface area contributed by atoms with E-state index in [1.165, 1.54) is 0 Å². The second-order valence-corrected chi connectivity index (χ2v) is 8.07. The maximum absolute atomic E-state index is 12.6. The standard InChI is InChI=1S/C26H30N2O4/c1-2-3-4-11-16-28(18-20-14-9-6-10-15-20)23-22(24(29)25(23)30)27-21(26(31)32)17-19-12-7-5-8-13-19/h5-10,12-15,21,27H,2-4,11,16-18H2,1H3,(H,31,32). The van der Waals surface area contributed by atoms with Crippen molar-refractivity contribution in [2.75, 3.05) is 16.8 Å². The van der Waals surface area contributed by atoms with Crippen LogP contribution in [0.25, 0.3) is 0 Å². The summed E-state index contributed by atoms with van der Waals surface area (Å²) < 4.78 is 0. The molecule has 0 aliphatic rings. The number of carbonyl (C=O) groups is 1. The summed E-state index contributed by atoms with van der Waals surface area (Å²) in [5.74, 6) is -1.06. The van der Waals surface area contributed by atoms with E-state index in [2.05, 4.69) is 12.2 Å². The fourth-order valence-electron chi connectivity index (χ4n) is 3.84. The molecule has 0 fully saturated rings. The Labute approximate surface area is 188 Å². The molecule has 0 radical (unpaired) electrons. The van der Waals surface area contributed by atoms with Crippen molar-refractivity contribution in [3.63, 3.8) is 0 Å². The van der Waals surface area contributed by atoms with Gasteiger partial charge >= 0.3 is 5.97 Å². The van der Waals surface area contributed by atoms with Gasteiger partial charge in [0.2, 0.25) is 0 Å². The van der Waals surface area contributed by atoms with Gasteiger partial charge in [-0.05, 0) is 17.5 Å². The molecule has 0 saturated carbocycles. The second kappa shape index (κ2) is 11.3. The summed E-state index contributed by atoms with van der Waals surface area (Å²) in [7, 11) is 0. The molecule has 1 unspecified atom stereocenters. The first-order valence-corrected chi connectivity index (χ1v) is 11.2. The van der Waals surface area contributed by atoms with Gasteiger partial charge in [-0.3, -0.25) is 9.59 Å². The van der Waals surface area contributed by atoms with Crippen LogP contribution in [-0.4, -0.2) is 23.7 Å². The average molecular weight is 435 g/mol. The van der Waals surface area contributed by atoms with Gasteiger partial charge in [0.05, 0.1) is 0 Å². The zero-order chi connectivity index (χ0) is 22.9. The second-order valence-electron chi connectivity index (χ2n) is 8.07. The molecule has 3 aromatic carbocycles. The Kier molecular flexibility index (Phi) is 8.20. The summed E-state index contributed by atoms with van der Waals surface area (Å²) in [5.41, 5.74) is 1.09. The van der Waals surface area contributed by atoms with E-state index in [-0.39, 0.29) is 12.1 Å². The van der Waals surface area contributed by atoms with E-state index in [0.717, 1.165) is 36.8 Å². The van der Waals surface area contributed by atoms with Crippen LogP contribution in [0.3, 0.4) is 0 Å². The number of hydrogen-bond donors (Lipinski definition) is 2. The fourth-order valence-corrected chi connectivity index (χ4v) is 3.84. The van der Waals surface area contributed by atoms with Gasteiger partial charge in [-0.1, -0.05) is 86.8 Å². The van der Waals surface area contributed by atoms with E-state index in [9.17, 15) is 19.5 Å². The molecule has 0 bridgehead atoms. The molecule has 1 atom stereocenters. The number of carboxylic acids is 1. The van der Waals surface area contributed by atoms with Gasteiger partial charge in [0.25, 0.3) is 10.9 Å². The molecule has 3 aromatic rings. The maximum atomic E-state index is 12.6. The van der Waals surface area contributed by atoms with Crippen molar-refractivity contribution in [3.8, 4) is 0 Å². The molecule has 6 heteroatoms. The van der Waals surface area contributed by atoms with E-state index in [1.807, 2.05) is 65.6 Å². The molecule has 2 N–H and O–H groups in total. The average Bonchev–Trinajstić information content (AvgIpc) is 2.81. The zero-order valence-electron chi connectivity index (χ0n) is 18.4. The van der Waals surface area contributed by atoms with Crippen LogP contribution in [0, 0.1) is 0 Å². The third-order valence-corrected chi connectivity index (χ3v) is 5.60. The molecule has 0 saturated heterocycles. The lowest BCUT2D eigenvalue weighted by Gasteiger charge is -2.29. The third-order valence-electron chi connectivity index (χ3n) is 5.60. The summed E-state index contributed by atoms with van der Waals surface area (Å²) in [5, 5.41) is 12.6. The van der Waals surface area contributed by atoms with Gasteiger partial charge in [0.15, 0.2) is 0 Å². The van der Waals surface area contributed by atoms with Gasteiger partial charge in [-0.2, -0.15) is 0 Å². The molecule has 0 heterocycles. The van der Waals surface area contributed by atoms with Gasteiger partial charge in [-0.15, -0.1) is 0 Å². The highest BCUT2D eigenvalue weighted by Gasteiger charge is 2.29. The number of aliphatic carboxylic acids is 1. The minimum absolute atomic E-state index is 0.116. The van der Waals surface area contributed by atoms with Crippen molar-refractivity contribution in [1.82, 2.24) is 0 Å². The minimum atomic E-state index is -1.06. The number of nitrogens with one attached hydrogen (secondary N) is 1. The predicted octanol–water partition coefficient (Wildman–Crippen LogP) is 3.98. The Hall–Kier alpha value is -3.41. The van der Waals surface area contributed by atoms with Crippen LogP contribution >= 0.6 is 0 Å². The normalized spacial score (nSPS) is 11.9. The first-order valence-electron chi connectivity index (χ1n) is 11.2. The quantitative estimate of drug-likeness (QED) is 0.313. The monoisotopic (exact) mass is 434 g/mol. The summed E-state index contributed by atoms with van der Waals surface area (Å²) in [4.78, 5) is 38.8. The molecule has 0 aliphatic heterocycles. The molecule has 0 spiro atoms. The van der Waals surface area contributed by atoms with Crippen LogP contribution in [-0.2, 0) is 17.8 Å². The van der Waals surface area contributed by atoms with Crippen molar-refractivity contribution in [3.05, 3.63) is 92.2 Å². The Morgan fingerprint density at radius 2 is 1.53 bits per heavy atom. The Morgan fingerprint density at radius 3 is 2.12 bits per heavy atom. The molecule has 0 aliphatic carbocycles. The summed E-state index contributed by atoms with van der Waals surface area (Å²) in [6.45, 7) is 3.26. The van der Waals surface area contributed by atoms with Gasteiger partial charge in [0.1, 0.15) is 17.4 Å². The molecule has 3 rings (SSSR count). The minimum Gasteiger partial charge on any atom is -0.480 e. The van der Waals surface area contributed by atoms with E-state index in [0.29, 0.717) is 18.8 Å². The SMILES string of the molecule is CCCCCCN(Cc1ccccc1)c1c(NC(Cc2ccccc2)C(=O)O)c(=O)c1=O. The highest BCUT2D eigenvalue weighted by molar-refractivity contribution is 5.83. The van der Waals surface area contributed by atoms with E-state index < -0.39 is 22.9 Å². The van der Waals surface area contributed by atoms with E-state index in [4.69, 9.17) is 0 Å². The van der Waals surface area contributed by atoms with Crippen molar-refractivity contribution in [2.45, 2.75) is 51.6 Å². The number of rotatable bonds is 13. The van der Waals surface area contributed by atoms with Gasteiger partial charge in [-0.25, -0.2) is 4.79 Å². The van der Waals surface area contributed by atoms with E-state index in [1.54, 1.807) is 0 Å². The van der Waals surface area contributed by atoms with Crippen LogP contribution in [0.5, 0.6) is 0 Å². The van der Waals surface area contributed by atoms with Gasteiger partial charge < -0.3 is 15.3 Å². The topological polar surface area (TPSA) is 86.7 Å². The van der Waals surface area contributed by atoms with Crippen molar-refractivity contribution < 1.29 is 9.90 Å². The number of nitrogens with zero attached hydrogens (tertiary/aromatic N) is 1. The Morgan fingerprint density at radius 1 is 0.906 bits per heavy atom. The van der Waals surface area contributed by atoms with Crippen molar-refractivity contribution in [1.29, 1.82) is 0 Å². The smallest absolute Gasteiger partial charge is 0.326 e. The lowest BCUT2D eigenvalue weighted by molar-refractivity contribution is -0.137. The number of anilines is 2. The summed E-state index contributed by atoms with van der Waals surface area (Å²) in [6.07, 6.45) is 4.35. The van der Waals surface area contributed by atoms with Crippen LogP contribution in [0.4, 0.5) is 11.4 Å². The summed E-state index contributed by atoms with van der Waals surface area (Å²) >= 11 is 0. The molecular formula is C26H30N2O4. The maximum Gasteiger partial charge on any atom is 0.326 e. The number of benzene rings is 2. The lowest BCUT2D eigenvalue weighted by Crippen LogP contribution is -2.45. The molecule has 6 nitrogen and oxygen atoms in total. The largest absolute Gasteiger partial charge is 0.480 e. The molecule has 168 valence electrons. The molecule has 0 amide bonds. The van der Waals surface area contributed by atoms with Crippen LogP contribution in [0.1, 0.15) is 43.7 Å². The fraction of sp³-hybridized carbons (Fsp3) is 0.346. The van der Waals surface area contributed by atoms with Crippen molar-refractivity contribution in [2.24, 2.45) is 0 Å². The zero-order valence-corrected chi connectivity index (χ0v) is 18.4. The molecule has 0 aromatic heterocycles. The number of hydrogen-bond acceptors (Lipinski definition) is 5. The Bertz CT molecular complexity index is 1070. The third kappa shape index (κ3) is 5.84. The summed E-state index contributed by atoms with van der Waals surface area (Å²) in [6, 6.07) is 18.0. The lowest BCUT2D eigenvalue weighted by atomic mass is 10.0. The van der Waals surface area contributed by atoms with Crippen LogP contribution in [0.15, 0.2) is 70.3 Å². The highest BCUT2D eigenvalue weighted by Crippen LogP contribution is 2.24. The van der Waals surface area contributed by atoms with Crippen molar-refractivity contribution >= 4 is 17.3 Å². The molecular weight excluding hydrogens is 404 g/mol. The Balaban J connectivity index is 1.84. The van der Waals surface area contributed by atoms with Gasteiger partial charge in [0, 0.05) is 19.5 Å². The first kappa shape index (κ1) is 23.3. The molecule has 32 heavy (non-hydrogen) atoms. The first-order chi connectivity index (χ1) is 15.5.